The molecule has 5 nitrogen and oxygen atoms in total. The van der Waals surface area contributed by atoms with E-state index < -0.39 is 21.7 Å². The first-order valence-electron chi connectivity index (χ1n) is 8.63. The molecule has 0 aromatic heterocycles. The van der Waals surface area contributed by atoms with Gasteiger partial charge in [0.15, 0.2) is 0 Å². The molecular weight excluding hydrogens is 415 g/mol. The molecule has 0 fully saturated rings. The van der Waals surface area contributed by atoms with Crippen molar-refractivity contribution < 1.29 is 17.6 Å². The molecule has 0 unspecified atom stereocenters. The van der Waals surface area contributed by atoms with Crippen LogP contribution in [-0.2, 0) is 10.0 Å². The Bertz CT molecular complexity index is 1160. The van der Waals surface area contributed by atoms with Crippen LogP contribution >= 0.6 is 11.6 Å². The molecular formula is C21H18ClFN2O3S. The van der Waals surface area contributed by atoms with Gasteiger partial charge in [0.2, 0.25) is 0 Å². The number of carbonyl (C=O) groups is 1. The van der Waals surface area contributed by atoms with Gasteiger partial charge in [0.05, 0.1) is 16.3 Å². The van der Waals surface area contributed by atoms with Gasteiger partial charge in [0.1, 0.15) is 5.82 Å². The highest BCUT2D eigenvalue weighted by molar-refractivity contribution is 7.92. The van der Waals surface area contributed by atoms with Crippen molar-refractivity contribution in [2.24, 2.45) is 0 Å². The fraction of sp³-hybridized carbons (Fsp3) is 0.0952. The van der Waals surface area contributed by atoms with Crippen LogP contribution < -0.4 is 10.0 Å². The fourth-order valence-corrected chi connectivity index (χ4v) is 4.07. The predicted molar refractivity (Wildman–Crippen MR) is 113 cm³/mol. The minimum absolute atomic E-state index is 0.129. The smallest absolute Gasteiger partial charge is 0.262 e. The number of amides is 1. The number of halogens is 2. The summed E-state index contributed by atoms with van der Waals surface area (Å²) >= 11 is 5.78. The molecule has 0 saturated heterocycles. The maximum absolute atomic E-state index is 14.5. The Kier molecular flexibility index (Phi) is 5.91. The first-order chi connectivity index (χ1) is 13.7. The van der Waals surface area contributed by atoms with Crippen molar-refractivity contribution in [3.8, 4) is 0 Å². The SMILES string of the molecule is Cc1cccc(C)c1NS(=O)(=O)c1ccc(NC(=O)c2ccc(Cl)cc2)c(F)c1. The summed E-state index contributed by atoms with van der Waals surface area (Å²) in [6.07, 6.45) is 0. The topological polar surface area (TPSA) is 75.3 Å². The third-order valence-electron chi connectivity index (χ3n) is 4.32. The van der Waals surface area contributed by atoms with E-state index in [1.807, 2.05) is 6.07 Å². The van der Waals surface area contributed by atoms with Gasteiger partial charge in [0, 0.05) is 10.6 Å². The van der Waals surface area contributed by atoms with E-state index >= 15 is 0 Å². The van der Waals surface area contributed by atoms with Gasteiger partial charge in [-0.25, -0.2) is 12.8 Å². The maximum Gasteiger partial charge on any atom is 0.262 e. The molecule has 3 aromatic carbocycles. The number of benzene rings is 3. The number of nitrogens with one attached hydrogen (secondary N) is 2. The third-order valence-corrected chi connectivity index (χ3v) is 5.92. The number of rotatable bonds is 5. The van der Waals surface area contributed by atoms with Gasteiger partial charge < -0.3 is 5.32 Å². The minimum Gasteiger partial charge on any atom is -0.319 e. The van der Waals surface area contributed by atoms with Gasteiger partial charge in [-0.2, -0.15) is 0 Å². The fourth-order valence-electron chi connectivity index (χ4n) is 2.73. The highest BCUT2D eigenvalue weighted by Gasteiger charge is 2.19. The van der Waals surface area contributed by atoms with Crippen LogP contribution in [0.1, 0.15) is 21.5 Å². The molecule has 0 bridgehead atoms. The summed E-state index contributed by atoms with van der Waals surface area (Å²) in [7, 11) is -4.00. The van der Waals surface area contributed by atoms with E-state index in [9.17, 15) is 17.6 Å². The number of sulfonamides is 1. The standard InChI is InChI=1S/C21H18ClFN2O3S/c1-13-4-3-5-14(2)20(13)25-29(27,28)17-10-11-19(18(23)12-17)24-21(26)15-6-8-16(22)9-7-15/h3-12,25H,1-2H3,(H,24,26). The minimum atomic E-state index is -4.00. The third kappa shape index (κ3) is 4.75. The Morgan fingerprint density at radius 2 is 1.59 bits per heavy atom. The molecule has 1 amide bonds. The zero-order chi connectivity index (χ0) is 21.2. The average Bonchev–Trinajstić information content (AvgIpc) is 2.67. The maximum atomic E-state index is 14.5. The van der Waals surface area contributed by atoms with E-state index in [4.69, 9.17) is 11.6 Å². The van der Waals surface area contributed by atoms with Crippen molar-refractivity contribution in [1.82, 2.24) is 0 Å². The van der Waals surface area contributed by atoms with E-state index in [0.717, 1.165) is 17.2 Å². The molecule has 3 aromatic rings. The number of hydrogen-bond donors (Lipinski definition) is 2. The van der Waals surface area contributed by atoms with Crippen LogP contribution in [0.25, 0.3) is 0 Å². The summed E-state index contributed by atoms with van der Waals surface area (Å²) in [4.78, 5) is 12.0. The van der Waals surface area contributed by atoms with E-state index in [0.29, 0.717) is 16.3 Å². The van der Waals surface area contributed by atoms with Gasteiger partial charge in [-0.15, -0.1) is 0 Å². The molecule has 0 radical (unpaired) electrons. The predicted octanol–water partition coefficient (Wildman–Crippen LogP) is 5.15. The Morgan fingerprint density at radius 3 is 2.17 bits per heavy atom. The number of aryl methyl sites for hydroxylation is 2. The normalized spacial score (nSPS) is 11.2. The van der Waals surface area contributed by atoms with Crippen LogP contribution in [0.15, 0.2) is 65.6 Å². The Labute approximate surface area is 173 Å². The number of hydrogen-bond acceptors (Lipinski definition) is 3. The second-order valence-corrected chi connectivity index (χ2v) is 8.59. The Morgan fingerprint density at radius 1 is 0.966 bits per heavy atom. The lowest BCUT2D eigenvalue weighted by Crippen LogP contribution is -2.16. The molecule has 0 aliphatic carbocycles. The molecule has 3 rings (SSSR count). The quantitative estimate of drug-likeness (QED) is 0.585. The van der Waals surface area contributed by atoms with Crippen molar-refractivity contribution in [3.63, 3.8) is 0 Å². The van der Waals surface area contributed by atoms with E-state index in [1.54, 1.807) is 38.1 Å². The summed E-state index contributed by atoms with van der Waals surface area (Å²) in [5.41, 5.74) is 2.12. The largest absolute Gasteiger partial charge is 0.319 e. The van der Waals surface area contributed by atoms with Crippen LogP contribution in [0.3, 0.4) is 0 Å². The lowest BCUT2D eigenvalue weighted by Gasteiger charge is -2.14. The first-order valence-corrected chi connectivity index (χ1v) is 10.5. The molecule has 8 heteroatoms. The number of carbonyl (C=O) groups excluding carboxylic acids is 1. The monoisotopic (exact) mass is 432 g/mol. The second-order valence-electron chi connectivity index (χ2n) is 6.47. The van der Waals surface area contributed by atoms with Gasteiger partial charge in [0.25, 0.3) is 15.9 Å². The van der Waals surface area contributed by atoms with Crippen molar-refractivity contribution >= 4 is 38.9 Å². The van der Waals surface area contributed by atoms with Crippen LogP contribution in [0, 0.1) is 19.7 Å². The molecule has 0 atom stereocenters. The van der Waals surface area contributed by atoms with E-state index in [1.165, 1.54) is 24.3 Å². The van der Waals surface area contributed by atoms with Crippen LogP contribution in [0.4, 0.5) is 15.8 Å². The number of para-hydroxylation sites is 1. The molecule has 2 N–H and O–H groups in total. The lowest BCUT2D eigenvalue weighted by molar-refractivity contribution is 0.102. The molecule has 0 spiro atoms. The van der Waals surface area contributed by atoms with Gasteiger partial charge >= 0.3 is 0 Å². The zero-order valence-corrected chi connectivity index (χ0v) is 17.2. The molecule has 0 saturated carbocycles. The average molecular weight is 433 g/mol. The molecule has 0 aliphatic heterocycles. The van der Waals surface area contributed by atoms with E-state index in [2.05, 4.69) is 10.0 Å². The van der Waals surface area contributed by atoms with Gasteiger partial charge in [-0.05, 0) is 67.4 Å². The molecule has 150 valence electrons. The molecule has 0 heterocycles. The van der Waals surface area contributed by atoms with E-state index in [-0.39, 0.29) is 10.6 Å². The Hall–Kier alpha value is -2.90. The van der Waals surface area contributed by atoms with Gasteiger partial charge in [-0.1, -0.05) is 29.8 Å². The van der Waals surface area contributed by atoms with Crippen LogP contribution in [0.5, 0.6) is 0 Å². The summed E-state index contributed by atoms with van der Waals surface area (Å²) in [6.45, 7) is 3.56. The van der Waals surface area contributed by atoms with Crippen molar-refractivity contribution in [1.29, 1.82) is 0 Å². The Balaban J connectivity index is 1.83. The van der Waals surface area contributed by atoms with Crippen LogP contribution in [0.2, 0.25) is 5.02 Å². The van der Waals surface area contributed by atoms with Crippen molar-refractivity contribution in [2.45, 2.75) is 18.7 Å². The van der Waals surface area contributed by atoms with Crippen molar-refractivity contribution in [3.05, 3.63) is 88.2 Å². The summed E-state index contributed by atoms with van der Waals surface area (Å²) in [5.74, 6) is -1.40. The molecule has 29 heavy (non-hydrogen) atoms. The summed E-state index contributed by atoms with van der Waals surface area (Å²) in [5, 5.41) is 2.89. The van der Waals surface area contributed by atoms with Crippen molar-refractivity contribution in [2.75, 3.05) is 10.0 Å². The highest BCUT2D eigenvalue weighted by atomic mass is 35.5. The summed E-state index contributed by atoms with van der Waals surface area (Å²) in [6, 6.07) is 14.8. The summed E-state index contributed by atoms with van der Waals surface area (Å²) < 4.78 is 42.3. The lowest BCUT2D eigenvalue weighted by atomic mass is 10.1. The van der Waals surface area contributed by atoms with Gasteiger partial charge in [-0.3, -0.25) is 9.52 Å². The first kappa shape index (κ1) is 20.8. The molecule has 0 aliphatic rings. The number of anilines is 2. The highest BCUT2D eigenvalue weighted by Crippen LogP contribution is 2.25. The van der Waals surface area contributed by atoms with Crippen LogP contribution in [-0.4, -0.2) is 14.3 Å². The zero-order valence-electron chi connectivity index (χ0n) is 15.7. The second kappa shape index (κ2) is 8.23.